The van der Waals surface area contributed by atoms with Crippen molar-refractivity contribution in [2.45, 2.75) is 12.5 Å². The van der Waals surface area contributed by atoms with Gasteiger partial charge in [0.25, 0.3) is 0 Å². The summed E-state index contributed by atoms with van der Waals surface area (Å²) in [6.07, 6.45) is 3.70. The zero-order valence-corrected chi connectivity index (χ0v) is 4.52. The highest BCUT2D eigenvalue weighted by Gasteiger charge is 2.36. The molecule has 0 aromatic heterocycles. The van der Waals surface area contributed by atoms with Gasteiger partial charge in [0, 0.05) is 12.6 Å². The lowest BCUT2D eigenvalue weighted by Gasteiger charge is -2.05. The molecule has 0 radical (unpaired) electrons. The van der Waals surface area contributed by atoms with Crippen molar-refractivity contribution in [2.75, 3.05) is 13.6 Å². The zero-order valence-electron chi connectivity index (χ0n) is 4.52. The fourth-order valence-corrected chi connectivity index (χ4v) is 1.21. The van der Waals surface area contributed by atoms with E-state index in [1.54, 1.807) is 5.57 Å². The van der Waals surface area contributed by atoms with Gasteiger partial charge in [-0.1, -0.05) is 11.6 Å². The molecule has 0 aromatic rings. The van der Waals surface area contributed by atoms with Crippen LogP contribution in [0.2, 0.25) is 0 Å². The van der Waals surface area contributed by atoms with Crippen LogP contribution in [0.3, 0.4) is 0 Å². The Bertz CT molecular complexity index is 126. The summed E-state index contributed by atoms with van der Waals surface area (Å²) in [5.74, 6) is 0. The van der Waals surface area contributed by atoms with E-state index in [0.717, 1.165) is 6.04 Å². The summed E-state index contributed by atoms with van der Waals surface area (Å²) < 4.78 is 0. The maximum atomic E-state index is 2.38. The summed E-state index contributed by atoms with van der Waals surface area (Å²) >= 11 is 0. The lowest BCUT2D eigenvalue weighted by molar-refractivity contribution is 0.384. The molecule has 0 amide bonds. The van der Waals surface area contributed by atoms with E-state index < -0.39 is 0 Å². The second kappa shape index (κ2) is 0.920. The molecule has 1 aliphatic carbocycles. The molecule has 1 aliphatic heterocycles. The average Bonchev–Trinajstić information content (AvgIpc) is 2.33. The van der Waals surface area contributed by atoms with Crippen LogP contribution in [0.25, 0.3) is 0 Å². The van der Waals surface area contributed by atoms with Crippen molar-refractivity contribution in [3.63, 3.8) is 0 Å². The molecule has 1 saturated carbocycles. The Hall–Kier alpha value is -0.300. The van der Waals surface area contributed by atoms with Crippen molar-refractivity contribution in [1.82, 2.24) is 4.90 Å². The molecule has 0 aromatic carbocycles. The second-order valence-corrected chi connectivity index (χ2v) is 2.44. The molecule has 1 nitrogen and oxygen atoms in total. The molecule has 1 atom stereocenters. The second-order valence-electron chi connectivity index (χ2n) is 2.44. The molecular weight excluding hydrogens is 86.1 g/mol. The highest BCUT2D eigenvalue weighted by Crippen LogP contribution is 2.37. The number of fused-ring (bicyclic) bond motifs is 1. The van der Waals surface area contributed by atoms with Crippen LogP contribution in [0.4, 0.5) is 0 Å². The predicted molar refractivity (Wildman–Crippen MR) is 29.1 cm³/mol. The third-order valence-electron chi connectivity index (χ3n) is 1.87. The molecule has 0 saturated heterocycles. The Morgan fingerprint density at radius 2 is 2.71 bits per heavy atom. The van der Waals surface area contributed by atoms with Crippen LogP contribution in [0, 0.1) is 0 Å². The Balaban J connectivity index is 2.23. The van der Waals surface area contributed by atoms with Crippen molar-refractivity contribution < 1.29 is 0 Å². The normalized spacial score (nSPS) is 37.9. The summed E-state index contributed by atoms with van der Waals surface area (Å²) in [5.41, 5.74) is 1.67. The van der Waals surface area contributed by atoms with Crippen molar-refractivity contribution in [2.24, 2.45) is 0 Å². The maximum Gasteiger partial charge on any atom is 0.0346 e. The lowest BCUT2D eigenvalue weighted by Crippen LogP contribution is -2.16. The third kappa shape index (κ3) is 0.361. The van der Waals surface area contributed by atoms with Gasteiger partial charge in [-0.05, 0) is 13.5 Å². The van der Waals surface area contributed by atoms with Gasteiger partial charge in [0.2, 0.25) is 0 Å². The van der Waals surface area contributed by atoms with E-state index in [1.807, 2.05) is 0 Å². The first-order valence-electron chi connectivity index (χ1n) is 2.77. The van der Waals surface area contributed by atoms with Gasteiger partial charge < -0.3 is 0 Å². The Labute approximate surface area is 43.6 Å². The van der Waals surface area contributed by atoms with Crippen LogP contribution in [-0.4, -0.2) is 24.5 Å². The molecule has 7 heavy (non-hydrogen) atoms. The van der Waals surface area contributed by atoms with E-state index in [1.165, 1.54) is 13.0 Å². The fraction of sp³-hybridized carbons (Fsp3) is 0.667. The summed E-state index contributed by atoms with van der Waals surface area (Å²) in [7, 11) is 2.18. The van der Waals surface area contributed by atoms with Gasteiger partial charge in [-0.2, -0.15) is 0 Å². The lowest BCUT2D eigenvalue weighted by atomic mass is 10.5. The molecule has 1 heterocycles. The highest BCUT2D eigenvalue weighted by atomic mass is 15.2. The fourth-order valence-electron chi connectivity index (χ4n) is 1.21. The van der Waals surface area contributed by atoms with Gasteiger partial charge in [0.15, 0.2) is 0 Å². The summed E-state index contributed by atoms with van der Waals surface area (Å²) in [4.78, 5) is 2.38. The largest absolute Gasteiger partial charge is 0.296 e. The van der Waals surface area contributed by atoms with Crippen LogP contribution >= 0.6 is 0 Å². The smallest absolute Gasteiger partial charge is 0.0346 e. The minimum absolute atomic E-state index is 0.875. The van der Waals surface area contributed by atoms with Crippen molar-refractivity contribution in [3.05, 3.63) is 11.6 Å². The van der Waals surface area contributed by atoms with Crippen molar-refractivity contribution in [1.29, 1.82) is 0 Å². The summed E-state index contributed by atoms with van der Waals surface area (Å²) in [6, 6.07) is 0.875. The van der Waals surface area contributed by atoms with E-state index in [2.05, 4.69) is 18.0 Å². The van der Waals surface area contributed by atoms with E-state index in [4.69, 9.17) is 0 Å². The van der Waals surface area contributed by atoms with Gasteiger partial charge in [0.1, 0.15) is 0 Å². The zero-order chi connectivity index (χ0) is 4.85. The first-order chi connectivity index (χ1) is 3.38. The third-order valence-corrected chi connectivity index (χ3v) is 1.87. The Morgan fingerprint density at radius 1 is 1.86 bits per heavy atom. The quantitative estimate of drug-likeness (QED) is 0.399. The minimum Gasteiger partial charge on any atom is -0.296 e. The molecule has 38 valence electrons. The van der Waals surface area contributed by atoms with Gasteiger partial charge in [-0.15, -0.1) is 0 Å². The molecular formula is C6H9N. The molecule has 0 N–H and O–H groups in total. The maximum absolute atomic E-state index is 2.38. The van der Waals surface area contributed by atoms with Crippen LogP contribution in [-0.2, 0) is 0 Å². The molecule has 0 spiro atoms. The summed E-state index contributed by atoms with van der Waals surface area (Å²) in [6.45, 7) is 1.19. The average molecular weight is 95.1 g/mol. The number of nitrogens with zero attached hydrogens (tertiary/aromatic N) is 1. The Morgan fingerprint density at radius 3 is 2.86 bits per heavy atom. The number of hydrogen-bond donors (Lipinski definition) is 0. The first-order valence-corrected chi connectivity index (χ1v) is 2.77. The monoisotopic (exact) mass is 95.1 g/mol. The van der Waals surface area contributed by atoms with Crippen LogP contribution in [0.1, 0.15) is 6.42 Å². The topological polar surface area (TPSA) is 3.24 Å². The van der Waals surface area contributed by atoms with E-state index in [9.17, 15) is 0 Å². The predicted octanol–water partition coefficient (Wildman–Crippen LogP) is 0.631. The minimum atomic E-state index is 0.875. The molecule has 1 fully saturated rings. The standard InChI is InChI=1S/C6H9N/c1-7-3-2-5-4-6(5)7/h2,6H,3-4H2,1H3/t6-/m1/s1. The van der Waals surface area contributed by atoms with Gasteiger partial charge >= 0.3 is 0 Å². The van der Waals surface area contributed by atoms with Crippen LogP contribution in [0.15, 0.2) is 11.6 Å². The first kappa shape index (κ1) is 3.67. The van der Waals surface area contributed by atoms with Crippen LogP contribution in [0.5, 0.6) is 0 Å². The van der Waals surface area contributed by atoms with Gasteiger partial charge in [-0.25, -0.2) is 0 Å². The van der Waals surface area contributed by atoms with E-state index >= 15 is 0 Å². The van der Waals surface area contributed by atoms with Crippen molar-refractivity contribution in [3.8, 4) is 0 Å². The Kier molecular flexibility index (Phi) is 0.482. The highest BCUT2D eigenvalue weighted by molar-refractivity contribution is 5.33. The van der Waals surface area contributed by atoms with Gasteiger partial charge in [-0.3, -0.25) is 4.90 Å². The molecule has 1 heteroatoms. The number of rotatable bonds is 0. The number of likely N-dealkylation sites (N-methyl/N-ethyl adjacent to an activating group) is 1. The van der Waals surface area contributed by atoms with E-state index in [-0.39, 0.29) is 0 Å². The van der Waals surface area contributed by atoms with Gasteiger partial charge in [0.05, 0.1) is 0 Å². The molecule has 2 aliphatic rings. The van der Waals surface area contributed by atoms with E-state index in [0.29, 0.717) is 0 Å². The molecule has 0 bridgehead atoms. The summed E-state index contributed by atoms with van der Waals surface area (Å²) in [5, 5.41) is 0. The van der Waals surface area contributed by atoms with Crippen LogP contribution < -0.4 is 0 Å². The van der Waals surface area contributed by atoms with Crippen molar-refractivity contribution >= 4 is 0 Å². The number of hydrogen-bond acceptors (Lipinski definition) is 1. The molecule has 0 unspecified atom stereocenters. The SMILES string of the molecule is CN1CC=C2C[C@H]21. The molecule has 2 rings (SSSR count).